The molecule has 0 saturated heterocycles. The zero-order valence-corrected chi connectivity index (χ0v) is 13.8. The molecular weight excluding hydrogens is 296 g/mol. The number of fused-ring (bicyclic) bond motifs is 2. The summed E-state index contributed by atoms with van der Waals surface area (Å²) in [5, 5.41) is 0. The molecule has 124 valence electrons. The molecule has 0 radical (unpaired) electrons. The van der Waals surface area contributed by atoms with Crippen molar-refractivity contribution in [3.8, 4) is 11.5 Å². The molecule has 0 spiro atoms. The molecule has 2 aliphatic heterocycles. The van der Waals surface area contributed by atoms with Gasteiger partial charge in [0.05, 0.1) is 11.4 Å². The van der Waals surface area contributed by atoms with Crippen LogP contribution in [-0.4, -0.2) is 25.3 Å². The molecule has 2 heterocycles. The molecule has 0 aliphatic carbocycles. The minimum Gasteiger partial charge on any atom is -0.470 e. The van der Waals surface area contributed by atoms with E-state index in [4.69, 9.17) is 9.47 Å². The second-order valence-corrected chi connectivity index (χ2v) is 6.33. The monoisotopic (exact) mass is 318 g/mol. The first kappa shape index (κ1) is 15.6. The van der Waals surface area contributed by atoms with E-state index >= 15 is 0 Å². The number of rotatable bonds is 4. The van der Waals surface area contributed by atoms with Crippen LogP contribution in [0.4, 0.5) is 11.4 Å². The number of anilines is 2. The van der Waals surface area contributed by atoms with E-state index in [-0.39, 0.29) is 25.3 Å². The molecule has 0 aromatic heterocycles. The molecule has 0 atom stereocenters. The van der Waals surface area contributed by atoms with Crippen molar-refractivity contribution in [2.24, 2.45) is 5.92 Å². The van der Waals surface area contributed by atoms with E-state index in [0.29, 0.717) is 30.3 Å². The van der Waals surface area contributed by atoms with Gasteiger partial charge in [-0.05, 0) is 12.3 Å². The van der Waals surface area contributed by atoms with E-state index < -0.39 is 0 Å². The van der Waals surface area contributed by atoms with Crippen LogP contribution in [0.2, 0.25) is 0 Å². The highest BCUT2D eigenvalue weighted by molar-refractivity contribution is 6.00. The molecule has 1 aromatic rings. The van der Waals surface area contributed by atoms with Crippen LogP contribution in [0.1, 0.15) is 40.0 Å². The molecule has 0 unspecified atom stereocenters. The highest BCUT2D eigenvalue weighted by Crippen LogP contribution is 2.46. The van der Waals surface area contributed by atoms with Crippen LogP contribution in [0, 0.1) is 5.92 Å². The van der Waals surface area contributed by atoms with Crippen molar-refractivity contribution in [1.82, 2.24) is 0 Å². The molecule has 1 aromatic carbocycles. The van der Waals surface area contributed by atoms with Gasteiger partial charge in [0.1, 0.15) is 11.5 Å². The summed E-state index contributed by atoms with van der Waals surface area (Å²) in [6, 6.07) is 3.60. The summed E-state index contributed by atoms with van der Waals surface area (Å²) in [6.07, 6.45) is 1.76. The average molecular weight is 318 g/mol. The molecule has 2 aliphatic rings. The molecule has 0 fully saturated rings. The topological polar surface area (TPSA) is 59.1 Å². The smallest absolute Gasteiger partial charge is 0.230 e. The molecule has 6 heteroatoms. The van der Waals surface area contributed by atoms with E-state index in [9.17, 15) is 9.59 Å². The van der Waals surface area contributed by atoms with Gasteiger partial charge in [0, 0.05) is 25.0 Å². The lowest BCUT2D eigenvalue weighted by molar-refractivity contribution is -0.120. The highest BCUT2D eigenvalue weighted by Gasteiger charge is 2.33. The Labute approximate surface area is 136 Å². The van der Waals surface area contributed by atoms with Crippen LogP contribution in [-0.2, 0) is 9.59 Å². The van der Waals surface area contributed by atoms with Gasteiger partial charge in [-0.1, -0.05) is 20.8 Å². The van der Waals surface area contributed by atoms with Crippen molar-refractivity contribution in [2.75, 3.05) is 23.3 Å². The van der Waals surface area contributed by atoms with Crippen LogP contribution in [0.3, 0.4) is 0 Å². The number of ether oxygens (including phenoxy) is 2. The summed E-state index contributed by atoms with van der Waals surface area (Å²) >= 11 is 0. The SMILES string of the molecule is CCCC(=O)N1COc2cc3c(cc21)OCN3C(=O)CC(C)C. The predicted molar refractivity (Wildman–Crippen MR) is 86.8 cm³/mol. The number of hydrogen-bond acceptors (Lipinski definition) is 4. The molecule has 6 nitrogen and oxygen atoms in total. The minimum atomic E-state index is 0.0376. The lowest BCUT2D eigenvalue weighted by Crippen LogP contribution is -2.30. The first-order valence-electron chi connectivity index (χ1n) is 8.05. The maximum Gasteiger partial charge on any atom is 0.230 e. The molecule has 0 N–H and O–H groups in total. The van der Waals surface area contributed by atoms with Gasteiger partial charge >= 0.3 is 0 Å². The van der Waals surface area contributed by atoms with Crippen molar-refractivity contribution in [3.63, 3.8) is 0 Å². The molecule has 0 saturated carbocycles. The third-order valence-corrected chi connectivity index (χ3v) is 3.97. The Hall–Kier alpha value is -2.24. The summed E-state index contributed by atoms with van der Waals surface area (Å²) in [6.45, 7) is 6.43. The largest absolute Gasteiger partial charge is 0.470 e. The molecule has 2 amide bonds. The highest BCUT2D eigenvalue weighted by atomic mass is 16.5. The number of benzene rings is 1. The Morgan fingerprint density at radius 1 is 1.04 bits per heavy atom. The van der Waals surface area contributed by atoms with Crippen LogP contribution in [0.25, 0.3) is 0 Å². The van der Waals surface area contributed by atoms with Crippen molar-refractivity contribution in [1.29, 1.82) is 0 Å². The fraction of sp³-hybridized carbons (Fsp3) is 0.529. The lowest BCUT2D eigenvalue weighted by atomic mass is 10.1. The zero-order chi connectivity index (χ0) is 16.6. The predicted octanol–water partition coefficient (Wildman–Crippen LogP) is 2.90. The van der Waals surface area contributed by atoms with E-state index in [1.54, 1.807) is 21.9 Å². The Morgan fingerprint density at radius 2 is 1.57 bits per heavy atom. The van der Waals surface area contributed by atoms with Gasteiger partial charge in [0.15, 0.2) is 13.5 Å². The quantitative estimate of drug-likeness (QED) is 0.856. The molecule has 23 heavy (non-hydrogen) atoms. The third-order valence-electron chi connectivity index (χ3n) is 3.97. The van der Waals surface area contributed by atoms with E-state index in [0.717, 1.165) is 17.8 Å². The fourth-order valence-corrected chi connectivity index (χ4v) is 2.82. The van der Waals surface area contributed by atoms with Crippen LogP contribution < -0.4 is 19.3 Å². The fourth-order valence-electron chi connectivity index (χ4n) is 2.82. The normalized spacial score (nSPS) is 15.3. The van der Waals surface area contributed by atoms with E-state index in [1.807, 2.05) is 20.8 Å². The van der Waals surface area contributed by atoms with Gasteiger partial charge in [0.2, 0.25) is 11.8 Å². The van der Waals surface area contributed by atoms with Crippen LogP contribution in [0.15, 0.2) is 12.1 Å². The maximum absolute atomic E-state index is 12.3. The minimum absolute atomic E-state index is 0.0376. The van der Waals surface area contributed by atoms with Crippen molar-refractivity contribution >= 4 is 23.2 Å². The third kappa shape index (κ3) is 2.85. The summed E-state index contributed by atoms with van der Waals surface area (Å²) in [7, 11) is 0. The summed E-state index contributed by atoms with van der Waals surface area (Å²) in [5.41, 5.74) is 1.44. The molecule has 3 rings (SSSR count). The number of carbonyl (C=O) groups excluding carboxylic acids is 2. The Bertz CT molecular complexity index is 642. The Balaban J connectivity index is 1.86. The number of hydrogen-bond donors (Lipinski definition) is 0. The van der Waals surface area contributed by atoms with Gasteiger partial charge in [-0.2, -0.15) is 0 Å². The summed E-state index contributed by atoms with van der Waals surface area (Å²) in [5.74, 6) is 1.62. The number of nitrogens with zero attached hydrogens (tertiary/aromatic N) is 2. The van der Waals surface area contributed by atoms with E-state index in [1.165, 1.54) is 0 Å². The Kier molecular flexibility index (Phi) is 4.15. The number of carbonyl (C=O) groups is 2. The summed E-state index contributed by atoms with van der Waals surface area (Å²) in [4.78, 5) is 27.7. The Morgan fingerprint density at radius 3 is 2.04 bits per heavy atom. The summed E-state index contributed by atoms with van der Waals surface area (Å²) < 4.78 is 11.3. The first-order valence-corrected chi connectivity index (χ1v) is 8.05. The first-order chi connectivity index (χ1) is 11.0. The second-order valence-electron chi connectivity index (χ2n) is 6.33. The van der Waals surface area contributed by atoms with Crippen molar-refractivity contribution < 1.29 is 19.1 Å². The van der Waals surface area contributed by atoms with Gasteiger partial charge in [0.25, 0.3) is 0 Å². The van der Waals surface area contributed by atoms with E-state index in [2.05, 4.69) is 0 Å². The van der Waals surface area contributed by atoms with Gasteiger partial charge in [-0.25, -0.2) is 0 Å². The molecular formula is C17H22N2O4. The van der Waals surface area contributed by atoms with Gasteiger partial charge in [-0.3, -0.25) is 19.4 Å². The van der Waals surface area contributed by atoms with Crippen molar-refractivity contribution in [2.45, 2.75) is 40.0 Å². The zero-order valence-electron chi connectivity index (χ0n) is 13.8. The average Bonchev–Trinajstić information content (AvgIpc) is 3.07. The van der Waals surface area contributed by atoms with Crippen LogP contribution in [0.5, 0.6) is 11.5 Å². The maximum atomic E-state index is 12.3. The second kappa shape index (κ2) is 6.10. The standard InChI is InChI=1S/C17H22N2O4/c1-4-5-16(20)18-9-22-14-8-13-15(7-12(14)18)23-10-19(13)17(21)6-11(2)3/h7-8,11H,4-6,9-10H2,1-3H3. The van der Waals surface area contributed by atoms with Crippen LogP contribution >= 0.6 is 0 Å². The lowest BCUT2D eigenvalue weighted by Gasteiger charge is -2.16. The van der Waals surface area contributed by atoms with Crippen molar-refractivity contribution in [3.05, 3.63) is 12.1 Å². The van der Waals surface area contributed by atoms with Gasteiger partial charge < -0.3 is 9.47 Å². The number of amides is 2. The van der Waals surface area contributed by atoms with Gasteiger partial charge in [-0.15, -0.1) is 0 Å². The molecule has 0 bridgehead atoms.